The molecule has 1 amide bonds. The number of halogens is 2. The van der Waals surface area contributed by atoms with Gasteiger partial charge in [-0.15, -0.1) is 0 Å². The number of guanidine groups is 1. The van der Waals surface area contributed by atoms with Crippen LogP contribution in [0.3, 0.4) is 0 Å². The van der Waals surface area contributed by atoms with Crippen LogP contribution in [0.2, 0.25) is 10.0 Å². The third-order valence-corrected chi connectivity index (χ3v) is 3.55. The standard InChI is InChI=1S/C15H9Cl2N3O3/c16-8-4-9(17)6-10(5-8)23-14(22)7-1-2-12-11(3-7)13(21)20-15(18)19-12/h1-6,11H,(H2,18,20,21). The zero-order valence-electron chi connectivity index (χ0n) is 11.5. The minimum absolute atomic E-state index is 0.0982. The summed E-state index contributed by atoms with van der Waals surface area (Å²) in [5, 5.41) is 0.685. The third-order valence-electron chi connectivity index (χ3n) is 3.12. The van der Waals surface area contributed by atoms with Crippen molar-refractivity contribution in [2.45, 2.75) is 0 Å². The van der Waals surface area contributed by atoms with Gasteiger partial charge in [0.05, 0.1) is 11.3 Å². The minimum atomic E-state index is -0.738. The topological polar surface area (TPSA) is 94.1 Å². The van der Waals surface area contributed by atoms with Gasteiger partial charge in [0.2, 0.25) is 5.96 Å². The number of hydrogen-bond donors (Lipinski definition) is 1. The predicted octanol–water partition coefficient (Wildman–Crippen LogP) is 2.31. The van der Waals surface area contributed by atoms with Crippen LogP contribution in [-0.4, -0.2) is 23.5 Å². The van der Waals surface area contributed by atoms with E-state index in [1.165, 1.54) is 36.4 Å². The van der Waals surface area contributed by atoms with E-state index in [4.69, 9.17) is 33.7 Å². The van der Waals surface area contributed by atoms with Gasteiger partial charge in [0.25, 0.3) is 5.91 Å². The highest BCUT2D eigenvalue weighted by Gasteiger charge is 2.29. The molecule has 2 N–H and O–H groups in total. The third kappa shape index (κ3) is 3.33. The fraction of sp³-hybridized carbons (Fsp3) is 0.0667. The molecule has 1 aliphatic heterocycles. The van der Waals surface area contributed by atoms with Crippen LogP contribution < -0.4 is 10.5 Å². The van der Waals surface area contributed by atoms with Gasteiger partial charge in [0.15, 0.2) is 0 Å². The van der Waals surface area contributed by atoms with Gasteiger partial charge >= 0.3 is 5.97 Å². The molecular formula is C15H9Cl2N3O3. The van der Waals surface area contributed by atoms with Gasteiger partial charge in [-0.05, 0) is 30.4 Å². The van der Waals surface area contributed by atoms with Gasteiger partial charge in [-0.25, -0.2) is 9.79 Å². The van der Waals surface area contributed by atoms with E-state index in [1.54, 1.807) is 0 Å². The van der Waals surface area contributed by atoms with Crippen molar-refractivity contribution in [3.05, 3.63) is 52.0 Å². The molecule has 8 heteroatoms. The van der Waals surface area contributed by atoms with E-state index in [9.17, 15) is 9.59 Å². The van der Waals surface area contributed by atoms with Crippen LogP contribution in [0.15, 0.2) is 52.0 Å². The summed E-state index contributed by atoms with van der Waals surface area (Å²) < 4.78 is 5.21. The molecule has 1 unspecified atom stereocenters. The maximum absolute atomic E-state index is 12.2. The Morgan fingerprint density at radius 1 is 1.13 bits per heavy atom. The van der Waals surface area contributed by atoms with Gasteiger partial charge in [-0.3, -0.25) is 4.79 Å². The van der Waals surface area contributed by atoms with Crippen molar-refractivity contribution >= 4 is 46.7 Å². The Morgan fingerprint density at radius 3 is 2.52 bits per heavy atom. The summed E-state index contributed by atoms with van der Waals surface area (Å²) in [4.78, 5) is 31.6. The van der Waals surface area contributed by atoms with E-state index in [0.717, 1.165) is 0 Å². The highest BCUT2D eigenvalue weighted by atomic mass is 35.5. The molecular weight excluding hydrogens is 341 g/mol. The second kappa shape index (κ2) is 5.98. The number of amides is 1. The molecule has 0 fully saturated rings. The first-order chi connectivity index (χ1) is 10.9. The Morgan fingerprint density at radius 2 is 1.83 bits per heavy atom. The van der Waals surface area contributed by atoms with Gasteiger partial charge in [-0.1, -0.05) is 29.3 Å². The van der Waals surface area contributed by atoms with E-state index < -0.39 is 17.8 Å². The van der Waals surface area contributed by atoms with Crippen molar-refractivity contribution in [1.29, 1.82) is 0 Å². The van der Waals surface area contributed by atoms with Crippen molar-refractivity contribution in [2.75, 3.05) is 0 Å². The van der Waals surface area contributed by atoms with E-state index in [2.05, 4.69) is 9.98 Å². The van der Waals surface area contributed by atoms with Gasteiger partial charge in [0, 0.05) is 10.0 Å². The van der Waals surface area contributed by atoms with E-state index in [-0.39, 0.29) is 17.3 Å². The maximum atomic E-state index is 12.2. The Bertz CT molecular complexity index is 820. The molecule has 0 spiro atoms. The lowest BCUT2D eigenvalue weighted by Crippen LogP contribution is -2.31. The van der Waals surface area contributed by atoms with Crippen LogP contribution in [0.25, 0.3) is 0 Å². The summed E-state index contributed by atoms with van der Waals surface area (Å²) in [5.74, 6) is -1.75. The summed E-state index contributed by atoms with van der Waals surface area (Å²) in [6, 6.07) is 4.44. The second-order valence-corrected chi connectivity index (χ2v) is 5.65. The molecule has 1 aromatic carbocycles. The van der Waals surface area contributed by atoms with E-state index >= 15 is 0 Å². The number of aliphatic imine (C=N–C) groups is 2. The average Bonchev–Trinajstić information content (AvgIpc) is 2.45. The second-order valence-electron chi connectivity index (χ2n) is 4.77. The molecule has 23 heavy (non-hydrogen) atoms. The zero-order valence-corrected chi connectivity index (χ0v) is 13.0. The van der Waals surface area contributed by atoms with Crippen LogP contribution in [0.4, 0.5) is 0 Å². The lowest BCUT2D eigenvalue weighted by molar-refractivity contribution is -0.129. The first kappa shape index (κ1) is 15.5. The summed E-state index contributed by atoms with van der Waals surface area (Å²) in [7, 11) is 0. The van der Waals surface area contributed by atoms with Crippen molar-refractivity contribution in [3.8, 4) is 5.75 Å². The number of esters is 1. The normalized spacial score (nSPS) is 19.5. The molecule has 1 heterocycles. The number of fused-ring (bicyclic) bond motifs is 1. The molecule has 0 saturated carbocycles. The molecule has 0 bridgehead atoms. The maximum Gasteiger partial charge on any atom is 0.343 e. The number of hydrogen-bond acceptors (Lipinski definition) is 5. The zero-order chi connectivity index (χ0) is 16.6. The number of carbonyl (C=O) groups is 2. The van der Waals surface area contributed by atoms with Crippen LogP contribution in [0, 0.1) is 5.92 Å². The molecule has 0 aromatic heterocycles. The Balaban J connectivity index is 1.82. The van der Waals surface area contributed by atoms with E-state index in [0.29, 0.717) is 15.8 Å². The largest absolute Gasteiger partial charge is 0.423 e. The SMILES string of the molecule is NC1=NC(=O)C2C=C(C(=O)Oc3cc(Cl)cc(Cl)c3)C=CC2=N1. The van der Waals surface area contributed by atoms with Crippen molar-refractivity contribution in [3.63, 3.8) is 0 Å². The Labute approximate surface area is 140 Å². The van der Waals surface area contributed by atoms with Crippen LogP contribution in [-0.2, 0) is 9.59 Å². The lowest BCUT2D eigenvalue weighted by atomic mass is 9.93. The number of nitrogens with two attached hydrogens (primary N) is 1. The first-order valence-electron chi connectivity index (χ1n) is 6.47. The molecule has 1 aliphatic carbocycles. The molecule has 6 nitrogen and oxygen atoms in total. The number of benzene rings is 1. The van der Waals surface area contributed by atoms with Crippen LogP contribution >= 0.6 is 23.2 Å². The molecule has 0 radical (unpaired) electrons. The molecule has 2 aliphatic rings. The van der Waals surface area contributed by atoms with Crippen LogP contribution in [0.5, 0.6) is 5.75 Å². The Hall–Kier alpha value is -2.44. The molecule has 0 saturated heterocycles. The van der Waals surface area contributed by atoms with Gasteiger partial charge < -0.3 is 10.5 Å². The quantitative estimate of drug-likeness (QED) is 0.654. The predicted molar refractivity (Wildman–Crippen MR) is 86.9 cm³/mol. The van der Waals surface area contributed by atoms with Gasteiger partial charge in [-0.2, -0.15) is 4.99 Å². The summed E-state index contributed by atoms with van der Waals surface area (Å²) in [6.07, 6.45) is 4.47. The molecule has 3 rings (SSSR count). The van der Waals surface area contributed by atoms with Crippen molar-refractivity contribution < 1.29 is 14.3 Å². The summed E-state index contributed by atoms with van der Waals surface area (Å²) >= 11 is 11.7. The van der Waals surface area contributed by atoms with E-state index in [1.807, 2.05) is 0 Å². The Kier molecular flexibility index (Phi) is 4.02. The average molecular weight is 350 g/mol. The highest BCUT2D eigenvalue weighted by molar-refractivity contribution is 6.34. The van der Waals surface area contributed by atoms with Crippen LogP contribution in [0.1, 0.15) is 0 Å². The minimum Gasteiger partial charge on any atom is -0.423 e. The highest BCUT2D eigenvalue weighted by Crippen LogP contribution is 2.26. The lowest BCUT2D eigenvalue weighted by Gasteiger charge is -2.18. The fourth-order valence-electron chi connectivity index (χ4n) is 2.13. The first-order valence-corrected chi connectivity index (χ1v) is 7.23. The number of nitrogens with zero attached hydrogens (tertiary/aromatic N) is 2. The summed E-state index contributed by atoms with van der Waals surface area (Å²) in [6.45, 7) is 0. The number of rotatable bonds is 2. The number of ether oxygens (including phenoxy) is 1. The fourth-order valence-corrected chi connectivity index (χ4v) is 2.64. The molecule has 116 valence electrons. The van der Waals surface area contributed by atoms with Crippen molar-refractivity contribution in [2.24, 2.45) is 21.6 Å². The van der Waals surface area contributed by atoms with Gasteiger partial charge in [0.1, 0.15) is 11.7 Å². The summed E-state index contributed by atoms with van der Waals surface area (Å²) in [5.41, 5.74) is 6.07. The number of carbonyl (C=O) groups excluding carboxylic acids is 2. The van der Waals surface area contributed by atoms with Crippen molar-refractivity contribution in [1.82, 2.24) is 0 Å². The molecule has 1 atom stereocenters. The molecule has 1 aromatic rings. The number of allylic oxidation sites excluding steroid dienone is 1. The smallest absolute Gasteiger partial charge is 0.343 e. The monoisotopic (exact) mass is 349 g/mol.